The minimum atomic E-state index is 0. The standard InChI is InChI=1S/C25H37N5O.HI/c1-19-8-10-21(11-9-19)23-16-27-24(31-23)17-28-25(26-2)29-22-12-14-30(15-13-22)18-20-6-4-3-5-7-20;/h8-11,16,20,22H,3-7,12-15,17-18H2,1-2H3,(H2,26,28,29);1H. The molecule has 2 N–H and O–H groups in total. The van der Waals surface area contributed by atoms with Gasteiger partial charge in [-0.05, 0) is 38.5 Å². The van der Waals surface area contributed by atoms with Gasteiger partial charge in [0.25, 0.3) is 0 Å². The van der Waals surface area contributed by atoms with Crippen molar-refractivity contribution in [2.75, 3.05) is 26.7 Å². The maximum Gasteiger partial charge on any atom is 0.214 e. The van der Waals surface area contributed by atoms with E-state index in [-0.39, 0.29) is 24.0 Å². The second kappa shape index (κ2) is 12.6. The van der Waals surface area contributed by atoms with Gasteiger partial charge in [0.05, 0.1) is 12.7 Å². The minimum absolute atomic E-state index is 0. The van der Waals surface area contributed by atoms with E-state index < -0.39 is 0 Å². The Morgan fingerprint density at radius 3 is 2.50 bits per heavy atom. The van der Waals surface area contributed by atoms with Crippen molar-refractivity contribution < 1.29 is 4.42 Å². The number of nitrogens with zero attached hydrogens (tertiary/aromatic N) is 3. The maximum atomic E-state index is 5.92. The van der Waals surface area contributed by atoms with Crippen LogP contribution in [0.3, 0.4) is 0 Å². The van der Waals surface area contributed by atoms with E-state index in [1.165, 1.54) is 70.1 Å². The fourth-order valence-corrected chi connectivity index (χ4v) is 4.79. The number of halogens is 1. The number of aromatic nitrogens is 1. The molecule has 1 aliphatic carbocycles. The lowest BCUT2D eigenvalue weighted by molar-refractivity contribution is 0.160. The zero-order chi connectivity index (χ0) is 21.5. The Labute approximate surface area is 209 Å². The van der Waals surface area contributed by atoms with E-state index >= 15 is 0 Å². The number of hydrogen-bond donors (Lipinski definition) is 2. The van der Waals surface area contributed by atoms with Crippen LogP contribution in [0.1, 0.15) is 56.4 Å². The van der Waals surface area contributed by atoms with Crippen molar-refractivity contribution in [3.05, 3.63) is 41.9 Å². The molecule has 7 heteroatoms. The number of hydrogen-bond acceptors (Lipinski definition) is 4. The zero-order valence-corrected chi connectivity index (χ0v) is 21.8. The highest BCUT2D eigenvalue weighted by molar-refractivity contribution is 14.0. The maximum absolute atomic E-state index is 5.92. The molecule has 0 amide bonds. The molecule has 2 aliphatic rings. The molecular weight excluding hydrogens is 513 g/mol. The topological polar surface area (TPSA) is 65.7 Å². The van der Waals surface area contributed by atoms with Gasteiger partial charge in [0, 0.05) is 38.3 Å². The molecule has 2 aromatic rings. The number of aryl methyl sites for hydroxylation is 1. The molecule has 4 rings (SSSR count). The van der Waals surface area contributed by atoms with Crippen LogP contribution in [0.15, 0.2) is 39.9 Å². The highest BCUT2D eigenvalue weighted by Crippen LogP contribution is 2.25. The number of likely N-dealkylation sites (tertiary alicyclic amines) is 1. The second-order valence-electron chi connectivity index (χ2n) is 9.13. The first-order valence-corrected chi connectivity index (χ1v) is 11.9. The molecule has 0 bridgehead atoms. The average molecular weight is 552 g/mol. The molecule has 0 atom stereocenters. The number of oxazole rings is 1. The van der Waals surface area contributed by atoms with Crippen molar-refractivity contribution in [2.45, 2.75) is 64.5 Å². The third-order valence-electron chi connectivity index (χ3n) is 6.69. The van der Waals surface area contributed by atoms with E-state index in [9.17, 15) is 0 Å². The molecule has 1 aromatic heterocycles. The minimum Gasteiger partial charge on any atom is -0.439 e. The zero-order valence-electron chi connectivity index (χ0n) is 19.5. The van der Waals surface area contributed by atoms with E-state index in [2.05, 4.69) is 56.7 Å². The first-order chi connectivity index (χ1) is 15.2. The molecule has 0 radical (unpaired) electrons. The molecule has 1 aliphatic heterocycles. The van der Waals surface area contributed by atoms with Crippen molar-refractivity contribution in [1.82, 2.24) is 20.5 Å². The Bertz CT molecular complexity index is 836. The first-order valence-electron chi connectivity index (χ1n) is 11.9. The Balaban J connectivity index is 0.00000289. The van der Waals surface area contributed by atoms with E-state index in [1.54, 1.807) is 6.20 Å². The summed E-state index contributed by atoms with van der Waals surface area (Å²) in [5, 5.41) is 6.94. The van der Waals surface area contributed by atoms with Gasteiger partial charge in [-0.2, -0.15) is 0 Å². The summed E-state index contributed by atoms with van der Waals surface area (Å²) < 4.78 is 5.92. The van der Waals surface area contributed by atoms with Crippen LogP contribution in [0.4, 0.5) is 0 Å². The lowest BCUT2D eigenvalue weighted by atomic mass is 9.88. The van der Waals surface area contributed by atoms with E-state index in [0.29, 0.717) is 18.5 Å². The summed E-state index contributed by atoms with van der Waals surface area (Å²) >= 11 is 0. The molecule has 1 aromatic carbocycles. The summed E-state index contributed by atoms with van der Waals surface area (Å²) in [5.74, 6) is 3.21. The van der Waals surface area contributed by atoms with Gasteiger partial charge >= 0.3 is 0 Å². The number of guanidine groups is 1. The lowest BCUT2D eigenvalue weighted by Gasteiger charge is -2.36. The van der Waals surface area contributed by atoms with Crippen LogP contribution in [-0.4, -0.2) is 48.6 Å². The third-order valence-corrected chi connectivity index (χ3v) is 6.69. The summed E-state index contributed by atoms with van der Waals surface area (Å²) in [4.78, 5) is 11.5. The Hall–Kier alpha value is -1.61. The van der Waals surface area contributed by atoms with E-state index in [4.69, 9.17) is 4.42 Å². The molecule has 6 nitrogen and oxygen atoms in total. The van der Waals surface area contributed by atoms with Crippen molar-refractivity contribution >= 4 is 29.9 Å². The van der Waals surface area contributed by atoms with Gasteiger partial charge in [0.15, 0.2) is 11.7 Å². The highest BCUT2D eigenvalue weighted by Gasteiger charge is 2.23. The number of nitrogens with one attached hydrogen (secondary N) is 2. The molecule has 0 unspecified atom stereocenters. The van der Waals surface area contributed by atoms with Gasteiger partial charge < -0.3 is 20.0 Å². The fourth-order valence-electron chi connectivity index (χ4n) is 4.79. The van der Waals surface area contributed by atoms with Gasteiger partial charge in [-0.25, -0.2) is 4.98 Å². The van der Waals surface area contributed by atoms with Gasteiger partial charge in [-0.1, -0.05) is 49.1 Å². The summed E-state index contributed by atoms with van der Waals surface area (Å²) in [6, 6.07) is 8.77. The van der Waals surface area contributed by atoms with E-state index in [1.807, 2.05) is 7.05 Å². The van der Waals surface area contributed by atoms with Crippen LogP contribution in [0.25, 0.3) is 11.3 Å². The van der Waals surface area contributed by atoms with Crippen molar-refractivity contribution in [3.8, 4) is 11.3 Å². The van der Waals surface area contributed by atoms with Crippen molar-refractivity contribution in [2.24, 2.45) is 10.9 Å². The van der Waals surface area contributed by atoms with Gasteiger partial charge in [-0.3, -0.25) is 4.99 Å². The normalized spacial score (nSPS) is 18.9. The van der Waals surface area contributed by atoms with Crippen molar-refractivity contribution in [3.63, 3.8) is 0 Å². The quantitative estimate of drug-likeness (QED) is 0.301. The molecule has 2 heterocycles. The molecule has 2 fully saturated rings. The predicted molar refractivity (Wildman–Crippen MR) is 141 cm³/mol. The number of benzene rings is 1. The predicted octanol–water partition coefficient (Wildman–Crippen LogP) is 4.98. The van der Waals surface area contributed by atoms with Crippen LogP contribution in [-0.2, 0) is 6.54 Å². The summed E-state index contributed by atoms with van der Waals surface area (Å²) in [5.41, 5.74) is 2.28. The average Bonchev–Trinajstić information content (AvgIpc) is 3.28. The van der Waals surface area contributed by atoms with Crippen LogP contribution in [0.2, 0.25) is 0 Å². The largest absolute Gasteiger partial charge is 0.439 e. The first kappa shape index (κ1) is 25.0. The van der Waals surface area contributed by atoms with Crippen molar-refractivity contribution in [1.29, 1.82) is 0 Å². The third kappa shape index (κ3) is 7.20. The summed E-state index contributed by atoms with van der Waals surface area (Å²) in [7, 11) is 1.82. The lowest BCUT2D eigenvalue weighted by Crippen LogP contribution is -2.49. The van der Waals surface area contributed by atoms with Gasteiger partial charge in [-0.15, -0.1) is 24.0 Å². The van der Waals surface area contributed by atoms with Gasteiger partial charge in [0.2, 0.25) is 5.89 Å². The monoisotopic (exact) mass is 551 g/mol. The smallest absolute Gasteiger partial charge is 0.214 e. The molecule has 176 valence electrons. The van der Waals surface area contributed by atoms with Crippen LogP contribution in [0.5, 0.6) is 0 Å². The number of aliphatic imine (C=N–C) groups is 1. The summed E-state index contributed by atoms with van der Waals surface area (Å²) in [6.07, 6.45) is 11.3. The summed E-state index contributed by atoms with van der Waals surface area (Å²) in [6.45, 7) is 6.27. The van der Waals surface area contributed by atoms with E-state index in [0.717, 1.165) is 23.2 Å². The molecule has 1 saturated carbocycles. The molecule has 32 heavy (non-hydrogen) atoms. The SMILES string of the molecule is CN=C(NCc1ncc(-c2ccc(C)cc2)o1)NC1CCN(CC2CCCCC2)CC1.I. The molecular formula is C25H38IN5O. The fraction of sp³-hybridized carbons (Fsp3) is 0.600. The Morgan fingerprint density at radius 2 is 1.81 bits per heavy atom. The number of piperidine rings is 1. The van der Waals surface area contributed by atoms with Crippen LogP contribution < -0.4 is 10.6 Å². The molecule has 0 spiro atoms. The molecule has 1 saturated heterocycles. The Morgan fingerprint density at radius 1 is 1.09 bits per heavy atom. The highest BCUT2D eigenvalue weighted by atomic mass is 127. The Kier molecular flexibility index (Phi) is 9.84. The number of rotatable bonds is 6. The second-order valence-corrected chi connectivity index (χ2v) is 9.13. The van der Waals surface area contributed by atoms with Crippen LogP contribution in [0, 0.1) is 12.8 Å². The van der Waals surface area contributed by atoms with Crippen LogP contribution >= 0.6 is 24.0 Å². The van der Waals surface area contributed by atoms with Gasteiger partial charge in [0.1, 0.15) is 0 Å².